The van der Waals surface area contributed by atoms with Gasteiger partial charge < -0.3 is 10.6 Å². The van der Waals surface area contributed by atoms with Crippen LogP contribution in [0.2, 0.25) is 5.02 Å². The van der Waals surface area contributed by atoms with E-state index in [2.05, 4.69) is 27.8 Å². The summed E-state index contributed by atoms with van der Waals surface area (Å²) >= 11 is 9.28. The molecule has 1 aliphatic rings. The summed E-state index contributed by atoms with van der Waals surface area (Å²) in [6, 6.07) is 5.57. The van der Waals surface area contributed by atoms with Crippen LogP contribution in [0.25, 0.3) is 0 Å². The lowest BCUT2D eigenvalue weighted by Gasteiger charge is -2.27. The molecule has 1 aromatic carbocycles. The third-order valence-corrected chi connectivity index (χ3v) is 6.73. The third-order valence-electron chi connectivity index (χ3n) is 4.45. The van der Waals surface area contributed by atoms with Gasteiger partial charge in [-0.3, -0.25) is 4.79 Å². The van der Waals surface area contributed by atoms with Crippen molar-refractivity contribution in [1.29, 1.82) is 0 Å². The highest BCUT2D eigenvalue weighted by Crippen LogP contribution is 2.35. The Hall–Kier alpha value is -0.860. The van der Waals surface area contributed by atoms with Gasteiger partial charge in [0, 0.05) is 17.0 Å². The average molecular weight is 433 g/mol. The Bertz CT molecular complexity index is 709. The van der Waals surface area contributed by atoms with E-state index in [4.69, 9.17) is 11.6 Å². The number of nitrogens with zero attached hydrogens (tertiary/aromatic N) is 2. The van der Waals surface area contributed by atoms with E-state index in [-0.39, 0.29) is 18.3 Å². The number of benzene rings is 1. The fourth-order valence-electron chi connectivity index (χ4n) is 3.05. The van der Waals surface area contributed by atoms with Gasteiger partial charge in [-0.2, -0.15) is 0 Å². The number of hydrogen-bond acceptors (Lipinski definition) is 6. The fourth-order valence-corrected chi connectivity index (χ4v) is 4.78. The summed E-state index contributed by atoms with van der Waals surface area (Å²) in [6.07, 6.45) is 2.85. The van der Waals surface area contributed by atoms with Gasteiger partial charge in [0.25, 0.3) is 0 Å². The van der Waals surface area contributed by atoms with Gasteiger partial charge in [0.05, 0.1) is 5.02 Å². The van der Waals surface area contributed by atoms with E-state index in [9.17, 15) is 4.79 Å². The highest BCUT2D eigenvalue weighted by atomic mass is 35.5. The van der Waals surface area contributed by atoms with Crippen molar-refractivity contribution < 1.29 is 4.79 Å². The number of rotatable bonds is 6. The quantitative estimate of drug-likeness (QED) is 0.690. The zero-order chi connectivity index (χ0) is 17.6. The molecule has 2 aromatic rings. The lowest BCUT2D eigenvalue weighted by atomic mass is 9.84. The number of hydrogen-bond donors (Lipinski definition) is 2. The van der Waals surface area contributed by atoms with Crippen LogP contribution in [0.4, 0.5) is 5.69 Å². The van der Waals surface area contributed by atoms with Crippen molar-refractivity contribution in [3.05, 3.63) is 28.7 Å². The largest absolute Gasteiger partial charge is 0.326 e. The van der Waals surface area contributed by atoms with Crippen molar-refractivity contribution in [2.45, 2.75) is 35.4 Å². The van der Waals surface area contributed by atoms with Crippen LogP contribution in [-0.2, 0) is 4.79 Å². The van der Waals surface area contributed by atoms with Gasteiger partial charge in [0.2, 0.25) is 5.91 Å². The molecule has 1 unspecified atom stereocenters. The van der Waals surface area contributed by atoms with E-state index in [1.807, 2.05) is 12.1 Å². The fraction of sp³-hybridized carbons (Fsp3) is 0.471. The molecule has 2 heterocycles. The molecule has 1 atom stereocenters. The zero-order valence-electron chi connectivity index (χ0n) is 14.4. The topological polar surface area (TPSA) is 66.9 Å². The molecular weight excluding hydrogens is 411 g/mol. The molecule has 0 bridgehead atoms. The molecule has 0 aliphatic carbocycles. The standard InChI is InChI=1S/C17H21ClN4OS2.ClH/c1-11(12-4-6-19-7-5-12)8-16(23)21-13-2-3-15(14(18)9-13)25-17-22-20-10-24-17;/h2-3,9-12,19H,4-8H2,1H3,(H,21,23);1H. The molecule has 0 spiro atoms. The van der Waals surface area contributed by atoms with Crippen molar-refractivity contribution in [1.82, 2.24) is 15.5 Å². The minimum absolute atomic E-state index is 0. The summed E-state index contributed by atoms with van der Waals surface area (Å²) in [5.74, 6) is 1.07. The van der Waals surface area contributed by atoms with Gasteiger partial charge >= 0.3 is 0 Å². The van der Waals surface area contributed by atoms with Crippen LogP contribution in [-0.4, -0.2) is 29.2 Å². The first-order chi connectivity index (χ1) is 12.1. The molecule has 0 saturated carbocycles. The Morgan fingerprint density at radius 2 is 2.23 bits per heavy atom. The Morgan fingerprint density at radius 3 is 2.88 bits per heavy atom. The molecule has 1 aromatic heterocycles. The normalized spacial score (nSPS) is 15.9. The summed E-state index contributed by atoms with van der Waals surface area (Å²) in [5.41, 5.74) is 2.42. The minimum atomic E-state index is 0. The number of anilines is 1. The van der Waals surface area contributed by atoms with Gasteiger partial charge in [-0.05, 0) is 56.0 Å². The number of aromatic nitrogens is 2. The molecule has 1 saturated heterocycles. The molecule has 1 fully saturated rings. The van der Waals surface area contributed by atoms with Gasteiger partial charge in [0.1, 0.15) is 5.51 Å². The van der Waals surface area contributed by atoms with E-state index in [0.29, 0.717) is 23.3 Å². The predicted molar refractivity (Wildman–Crippen MR) is 111 cm³/mol. The molecule has 5 nitrogen and oxygen atoms in total. The Kier molecular flexibility index (Phi) is 8.63. The second-order valence-corrected chi connectivity index (χ2v) is 8.80. The van der Waals surface area contributed by atoms with Crippen LogP contribution in [0.15, 0.2) is 32.9 Å². The maximum absolute atomic E-state index is 12.3. The number of carbonyl (C=O) groups is 1. The van der Waals surface area contributed by atoms with Crippen molar-refractivity contribution in [2.75, 3.05) is 18.4 Å². The lowest BCUT2D eigenvalue weighted by molar-refractivity contribution is -0.117. The van der Waals surface area contributed by atoms with E-state index >= 15 is 0 Å². The summed E-state index contributed by atoms with van der Waals surface area (Å²) < 4.78 is 0.842. The smallest absolute Gasteiger partial charge is 0.224 e. The molecule has 26 heavy (non-hydrogen) atoms. The highest BCUT2D eigenvalue weighted by molar-refractivity contribution is 8.01. The summed E-state index contributed by atoms with van der Waals surface area (Å²) in [7, 11) is 0. The first-order valence-corrected chi connectivity index (χ1v) is 10.4. The molecular formula is C17H22Cl2N4OS2. The number of nitrogens with one attached hydrogen (secondary N) is 2. The van der Waals surface area contributed by atoms with E-state index < -0.39 is 0 Å². The first kappa shape index (κ1) is 21.4. The third kappa shape index (κ3) is 6.09. The van der Waals surface area contributed by atoms with Crippen LogP contribution in [0.3, 0.4) is 0 Å². The van der Waals surface area contributed by atoms with Crippen LogP contribution in [0, 0.1) is 11.8 Å². The van der Waals surface area contributed by atoms with Crippen LogP contribution in [0.5, 0.6) is 0 Å². The molecule has 3 rings (SSSR count). The molecule has 1 aliphatic heterocycles. The van der Waals surface area contributed by atoms with Crippen molar-refractivity contribution in [3.8, 4) is 0 Å². The van der Waals surface area contributed by atoms with E-state index in [1.165, 1.54) is 23.1 Å². The molecule has 2 N–H and O–H groups in total. The molecule has 1 amide bonds. The van der Waals surface area contributed by atoms with Crippen LogP contribution in [0.1, 0.15) is 26.2 Å². The molecule has 142 valence electrons. The molecule has 9 heteroatoms. The SMILES string of the molecule is CC(CC(=O)Nc1ccc(Sc2nncs2)c(Cl)c1)C1CCNCC1.Cl. The summed E-state index contributed by atoms with van der Waals surface area (Å²) in [5, 5.41) is 14.7. The Balaban J connectivity index is 0.00000243. The van der Waals surface area contributed by atoms with Crippen molar-refractivity contribution in [3.63, 3.8) is 0 Å². The highest BCUT2D eigenvalue weighted by Gasteiger charge is 2.22. The van der Waals surface area contributed by atoms with E-state index in [0.717, 1.165) is 40.9 Å². The van der Waals surface area contributed by atoms with Gasteiger partial charge in [-0.25, -0.2) is 0 Å². The monoisotopic (exact) mass is 432 g/mol. The number of halogens is 2. The zero-order valence-corrected chi connectivity index (χ0v) is 17.6. The van der Waals surface area contributed by atoms with E-state index in [1.54, 1.807) is 11.6 Å². The second-order valence-electron chi connectivity index (χ2n) is 6.27. The molecule has 0 radical (unpaired) electrons. The maximum atomic E-state index is 12.3. The second kappa shape index (κ2) is 10.5. The predicted octanol–water partition coefficient (Wildman–Crippen LogP) is 4.73. The van der Waals surface area contributed by atoms with Crippen LogP contribution < -0.4 is 10.6 Å². The summed E-state index contributed by atoms with van der Waals surface area (Å²) in [4.78, 5) is 13.2. The first-order valence-electron chi connectivity index (χ1n) is 8.36. The van der Waals surface area contributed by atoms with Gasteiger partial charge in [-0.15, -0.1) is 22.6 Å². The minimum Gasteiger partial charge on any atom is -0.326 e. The Morgan fingerprint density at radius 1 is 1.46 bits per heavy atom. The lowest BCUT2D eigenvalue weighted by Crippen LogP contribution is -2.32. The maximum Gasteiger partial charge on any atom is 0.224 e. The average Bonchev–Trinajstić information content (AvgIpc) is 3.11. The number of carbonyl (C=O) groups excluding carboxylic acids is 1. The van der Waals surface area contributed by atoms with Crippen molar-refractivity contribution >= 4 is 58.7 Å². The van der Waals surface area contributed by atoms with Crippen molar-refractivity contribution in [2.24, 2.45) is 11.8 Å². The summed E-state index contributed by atoms with van der Waals surface area (Å²) in [6.45, 7) is 4.28. The number of amides is 1. The Labute approximate surface area is 173 Å². The van der Waals surface area contributed by atoms with Crippen LogP contribution >= 0.6 is 47.1 Å². The van der Waals surface area contributed by atoms with Gasteiger partial charge in [0.15, 0.2) is 4.34 Å². The number of piperidine rings is 1. The van der Waals surface area contributed by atoms with Gasteiger partial charge in [-0.1, -0.05) is 41.6 Å².